The van der Waals surface area contributed by atoms with Gasteiger partial charge in [-0.1, -0.05) is 13.8 Å². The average Bonchev–Trinajstić information content (AvgIpc) is 2.76. The van der Waals surface area contributed by atoms with E-state index in [2.05, 4.69) is 39.8 Å². The third kappa shape index (κ3) is 4.70. The van der Waals surface area contributed by atoms with Crippen LogP contribution in [0, 0.1) is 0 Å². The molecule has 1 aromatic rings. The zero-order valence-corrected chi connectivity index (χ0v) is 11.4. The summed E-state index contributed by atoms with van der Waals surface area (Å²) in [6, 6.07) is 0. The molecule has 0 aliphatic rings. The van der Waals surface area contributed by atoms with Gasteiger partial charge in [-0.15, -0.1) is 0 Å². The molecule has 0 unspecified atom stereocenters. The maximum Gasteiger partial charge on any atom is 0.166 e. The Balaban J connectivity index is 2.22. The zero-order chi connectivity index (χ0) is 12.7. The van der Waals surface area contributed by atoms with Crippen LogP contribution in [0.1, 0.15) is 31.2 Å². The smallest absolute Gasteiger partial charge is 0.166 e. The van der Waals surface area contributed by atoms with Crippen LogP contribution < -0.4 is 16.0 Å². The fourth-order valence-electron chi connectivity index (χ4n) is 1.53. The van der Waals surface area contributed by atoms with Crippen molar-refractivity contribution in [2.75, 3.05) is 20.1 Å². The summed E-state index contributed by atoms with van der Waals surface area (Å²) < 4.78 is 0. The van der Waals surface area contributed by atoms with E-state index in [9.17, 15) is 0 Å². The quantitative estimate of drug-likeness (QED) is 0.445. The molecule has 17 heavy (non-hydrogen) atoms. The zero-order valence-electron chi connectivity index (χ0n) is 10.6. The van der Waals surface area contributed by atoms with E-state index in [1.54, 1.807) is 13.4 Å². The molecule has 0 spiro atoms. The highest BCUT2D eigenvalue weighted by Crippen LogP contribution is 2.14. The molecule has 4 N–H and O–H groups in total. The SMILES string of the molecule is CNC(=S)NCCNCc1nc[nH]c1C(C)C. The molecule has 1 aromatic heterocycles. The number of aromatic amines is 1. The van der Waals surface area contributed by atoms with Crippen molar-refractivity contribution in [1.82, 2.24) is 25.9 Å². The van der Waals surface area contributed by atoms with Crippen LogP contribution in [0.5, 0.6) is 0 Å². The van der Waals surface area contributed by atoms with Crippen molar-refractivity contribution >= 4 is 17.3 Å². The molecular weight excluding hydrogens is 234 g/mol. The van der Waals surface area contributed by atoms with Gasteiger partial charge >= 0.3 is 0 Å². The summed E-state index contributed by atoms with van der Waals surface area (Å²) in [7, 11) is 1.81. The summed E-state index contributed by atoms with van der Waals surface area (Å²) in [5, 5.41) is 9.95. The van der Waals surface area contributed by atoms with Gasteiger partial charge in [0.25, 0.3) is 0 Å². The Labute approximate surface area is 108 Å². The Kier molecular flexibility index (Phi) is 5.93. The van der Waals surface area contributed by atoms with Gasteiger partial charge in [-0.2, -0.15) is 0 Å². The molecule has 1 heterocycles. The van der Waals surface area contributed by atoms with Gasteiger partial charge in [0.1, 0.15) is 0 Å². The first kappa shape index (κ1) is 13.9. The number of nitrogens with one attached hydrogen (secondary N) is 4. The molecule has 6 heteroatoms. The topological polar surface area (TPSA) is 64.8 Å². The molecule has 0 aliphatic heterocycles. The van der Waals surface area contributed by atoms with Crippen LogP contribution in [0.15, 0.2) is 6.33 Å². The van der Waals surface area contributed by atoms with Crippen molar-refractivity contribution in [2.45, 2.75) is 26.3 Å². The molecule has 0 saturated heterocycles. The standard InChI is InChI=1S/C11H21N5S/c1-8(2)10-9(15-7-16-10)6-13-4-5-14-11(17)12-3/h7-8,13H,4-6H2,1-3H3,(H,15,16)(H2,12,14,17). The summed E-state index contributed by atoms with van der Waals surface area (Å²) in [4.78, 5) is 7.49. The lowest BCUT2D eigenvalue weighted by Crippen LogP contribution is -2.37. The highest BCUT2D eigenvalue weighted by atomic mass is 32.1. The summed E-state index contributed by atoms with van der Waals surface area (Å²) in [5.74, 6) is 0.476. The summed E-state index contributed by atoms with van der Waals surface area (Å²) in [5.41, 5.74) is 2.30. The minimum atomic E-state index is 0.476. The number of imidazole rings is 1. The van der Waals surface area contributed by atoms with E-state index < -0.39 is 0 Å². The maximum absolute atomic E-state index is 4.97. The fraction of sp³-hybridized carbons (Fsp3) is 0.636. The summed E-state index contributed by atoms with van der Waals surface area (Å²) in [6.07, 6.45) is 1.75. The van der Waals surface area contributed by atoms with Crippen molar-refractivity contribution in [2.24, 2.45) is 0 Å². The lowest BCUT2D eigenvalue weighted by atomic mass is 10.1. The molecule has 0 saturated carbocycles. The molecule has 0 atom stereocenters. The molecule has 0 fully saturated rings. The van der Waals surface area contributed by atoms with Crippen molar-refractivity contribution in [3.63, 3.8) is 0 Å². The first-order chi connectivity index (χ1) is 8.15. The van der Waals surface area contributed by atoms with Crippen LogP contribution in [0.25, 0.3) is 0 Å². The molecule has 0 amide bonds. The molecule has 0 radical (unpaired) electrons. The van der Waals surface area contributed by atoms with Crippen LogP contribution in [0.3, 0.4) is 0 Å². The minimum Gasteiger partial charge on any atom is -0.366 e. The molecular formula is C11H21N5S. The highest BCUT2D eigenvalue weighted by molar-refractivity contribution is 7.80. The number of thiocarbonyl (C=S) groups is 1. The van der Waals surface area contributed by atoms with E-state index in [0.717, 1.165) is 25.3 Å². The van der Waals surface area contributed by atoms with Crippen LogP contribution in [0.2, 0.25) is 0 Å². The van der Waals surface area contributed by atoms with Gasteiger partial charge in [-0.25, -0.2) is 4.98 Å². The summed E-state index contributed by atoms with van der Waals surface area (Å²) in [6.45, 7) is 6.76. The van der Waals surface area contributed by atoms with Gasteiger partial charge in [0.2, 0.25) is 0 Å². The van der Waals surface area contributed by atoms with Gasteiger partial charge in [-0.05, 0) is 18.1 Å². The van der Waals surface area contributed by atoms with Gasteiger partial charge in [0.15, 0.2) is 5.11 Å². The van der Waals surface area contributed by atoms with Crippen molar-refractivity contribution in [3.8, 4) is 0 Å². The van der Waals surface area contributed by atoms with Crippen molar-refractivity contribution in [3.05, 3.63) is 17.7 Å². The number of nitrogens with zero attached hydrogens (tertiary/aromatic N) is 1. The van der Waals surface area contributed by atoms with Crippen LogP contribution in [-0.4, -0.2) is 35.2 Å². The number of H-pyrrole nitrogens is 1. The van der Waals surface area contributed by atoms with E-state index in [4.69, 9.17) is 12.2 Å². The third-order valence-corrected chi connectivity index (χ3v) is 2.78. The van der Waals surface area contributed by atoms with E-state index in [1.165, 1.54) is 5.69 Å². The van der Waals surface area contributed by atoms with Crippen LogP contribution in [-0.2, 0) is 6.54 Å². The predicted molar refractivity (Wildman–Crippen MR) is 74.0 cm³/mol. The Hall–Kier alpha value is -1.14. The second-order valence-electron chi connectivity index (χ2n) is 4.10. The molecule has 5 nitrogen and oxygen atoms in total. The molecule has 0 aliphatic carbocycles. The Morgan fingerprint density at radius 2 is 2.24 bits per heavy atom. The van der Waals surface area contributed by atoms with Gasteiger partial charge < -0.3 is 20.9 Å². The lowest BCUT2D eigenvalue weighted by molar-refractivity contribution is 0.652. The maximum atomic E-state index is 4.97. The normalized spacial score (nSPS) is 10.6. The fourth-order valence-corrected chi connectivity index (χ4v) is 1.64. The molecule has 96 valence electrons. The monoisotopic (exact) mass is 255 g/mol. The molecule has 1 rings (SSSR count). The van der Waals surface area contributed by atoms with Gasteiger partial charge in [0.05, 0.1) is 12.0 Å². The summed E-state index contributed by atoms with van der Waals surface area (Å²) >= 11 is 4.97. The minimum absolute atomic E-state index is 0.476. The predicted octanol–water partition coefficient (Wildman–Crippen LogP) is 0.717. The Morgan fingerprint density at radius 3 is 2.88 bits per heavy atom. The number of rotatable bonds is 6. The highest BCUT2D eigenvalue weighted by Gasteiger charge is 2.08. The van der Waals surface area contributed by atoms with E-state index in [1.807, 2.05) is 0 Å². The first-order valence-corrected chi connectivity index (χ1v) is 6.24. The number of aromatic nitrogens is 2. The van der Waals surface area contributed by atoms with E-state index in [-0.39, 0.29) is 0 Å². The van der Waals surface area contributed by atoms with Gasteiger partial charge in [0, 0.05) is 32.4 Å². The molecule has 0 aromatic carbocycles. The van der Waals surface area contributed by atoms with Crippen molar-refractivity contribution in [1.29, 1.82) is 0 Å². The Bertz CT molecular complexity index is 347. The Morgan fingerprint density at radius 1 is 1.47 bits per heavy atom. The largest absolute Gasteiger partial charge is 0.366 e. The van der Waals surface area contributed by atoms with Crippen molar-refractivity contribution < 1.29 is 0 Å². The first-order valence-electron chi connectivity index (χ1n) is 5.83. The van der Waals surface area contributed by atoms with Crippen LogP contribution in [0.4, 0.5) is 0 Å². The molecule has 0 bridgehead atoms. The second kappa shape index (κ2) is 7.24. The number of hydrogen-bond donors (Lipinski definition) is 4. The average molecular weight is 255 g/mol. The van der Waals surface area contributed by atoms with E-state index in [0.29, 0.717) is 11.0 Å². The van der Waals surface area contributed by atoms with Crippen LogP contribution >= 0.6 is 12.2 Å². The number of hydrogen-bond acceptors (Lipinski definition) is 3. The van der Waals surface area contributed by atoms with Gasteiger partial charge in [-0.3, -0.25) is 0 Å². The second-order valence-corrected chi connectivity index (χ2v) is 4.51. The lowest BCUT2D eigenvalue weighted by Gasteiger charge is -2.09. The third-order valence-electron chi connectivity index (χ3n) is 2.44. The van der Waals surface area contributed by atoms with E-state index >= 15 is 0 Å².